The molecule has 1 aliphatic rings. The molecular weight excluding hydrogens is 462 g/mol. The normalized spacial score (nSPS) is 14.4. The highest BCUT2D eigenvalue weighted by Crippen LogP contribution is 2.36. The Morgan fingerprint density at radius 1 is 1.18 bits per heavy atom. The number of methoxy groups -OCH3 is 2. The Morgan fingerprint density at radius 3 is 2.52 bits per heavy atom. The average molecular weight is 490 g/mol. The van der Waals surface area contributed by atoms with E-state index in [-0.39, 0.29) is 5.91 Å². The van der Waals surface area contributed by atoms with Gasteiger partial charge in [0.2, 0.25) is 0 Å². The second-order valence-corrected chi connectivity index (χ2v) is 9.29. The highest BCUT2D eigenvalue weighted by Gasteiger charge is 2.24. The summed E-state index contributed by atoms with van der Waals surface area (Å²) < 4.78 is 17.1. The van der Waals surface area contributed by atoms with E-state index in [0.717, 1.165) is 55.0 Å². The summed E-state index contributed by atoms with van der Waals surface area (Å²) >= 11 is 7.89. The molecule has 1 aromatic heterocycles. The third kappa shape index (κ3) is 5.41. The van der Waals surface area contributed by atoms with Crippen LogP contribution in [0.1, 0.15) is 22.3 Å². The Hall–Kier alpha value is -2.39. The van der Waals surface area contributed by atoms with Gasteiger partial charge in [0.15, 0.2) is 5.13 Å². The Kier molecular flexibility index (Phi) is 7.70. The SMILES string of the molecule is COc1cc(OC)cc(C(=O)N(CCCN2CCOCC2)c2nc3c(C)ccc(Cl)c3s2)c1. The summed E-state index contributed by atoms with van der Waals surface area (Å²) in [5, 5.41) is 1.28. The van der Waals surface area contributed by atoms with Crippen LogP contribution in [0.15, 0.2) is 30.3 Å². The van der Waals surface area contributed by atoms with E-state index in [1.165, 1.54) is 11.3 Å². The molecule has 0 N–H and O–H groups in total. The summed E-state index contributed by atoms with van der Waals surface area (Å²) in [6.45, 7) is 6.75. The van der Waals surface area contributed by atoms with Crippen molar-refractivity contribution in [2.24, 2.45) is 0 Å². The number of morpholine rings is 1. The smallest absolute Gasteiger partial charge is 0.260 e. The number of carbonyl (C=O) groups excluding carboxylic acids is 1. The first-order valence-corrected chi connectivity index (χ1v) is 12.1. The first kappa shape index (κ1) is 23.8. The fraction of sp³-hybridized carbons (Fsp3) is 0.417. The zero-order valence-corrected chi connectivity index (χ0v) is 20.7. The van der Waals surface area contributed by atoms with E-state index >= 15 is 0 Å². The minimum atomic E-state index is -0.151. The minimum Gasteiger partial charge on any atom is -0.497 e. The molecule has 1 amide bonds. The molecule has 1 fully saturated rings. The lowest BCUT2D eigenvalue weighted by Crippen LogP contribution is -2.39. The number of rotatable bonds is 8. The summed E-state index contributed by atoms with van der Waals surface area (Å²) in [5.41, 5.74) is 2.34. The number of amides is 1. The topological polar surface area (TPSA) is 64.1 Å². The molecule has 0 atom stereocenters. The Morgan fingerprint density at radius 2 is 1.88 bits per heavy atom. The lowest BCUT2D eigenvalue weighted by Gasteiger charge is -2.27. The number of anilines is 1. The van der Waals surface area contributed by atoms with Crippen LogP contribution in [0.5, 0.6) is 11.5 Å². The first-order valence-electron chi connectivity index (χ1n) is 10.9. The Labute approximate surface area is 202 Å². The van der Waals surface area contributed by atoms with Crippen molar-refractivity contribution >= 4 is 44.2 Å². The summed E-state index contributed by atoms with van der Waals surface area (Å²) in [7, 11) is 3.14. The number of ether oxygens (including phenoxy) is 3. The molecule has 2 heterocycles. The second kappa shape index (κ2) is 10.7. The molecule has 0 aliphatic carbocycles. The number of hydrogen-bond donors (Lipinski definition) is 0. The molecular formula is C24H28ClN3O4S. The van der Waals surface area contributed by atoms with Gasteiger partial charge in [-0.2, -0.15) is 0 Å². The van der Waals surface area contributed by atoms with Gasteiger partial charge in [0, 0.05) is 37.8 Å². The van der Waals surface area contributed by atoms with Crippen molar-refractivity contribution in [2.45, 2.75) is 13.3 Å². The van der Waals surface area contributed by atoms with E-state index in [1.54, 1.807) is 37.3 Å². The van der Waals surface area contributed by atoms with Crippen molar-refractivity contribution in [3.05, 3.63) is 46.5 Å². The van der Waals surface area contributed by atoms with Gasteiger partial charge in [-0.05, 0) is 37.1 Å². The molecule has 0 radical (unpaired) electrons. The van der Waals surface area contributed by atoms with Crippen LogP contribution in [0.3, 0.4) is 0 Å². The van der Waals surface area contributed by atoms with Crippen molar-refractivity contribution in [3.8, 4) is 11.5 Å². The first-order chi connectivity index (χ1) is 16.0. The van der Waals surface area contributed by atoms with Crippen LogP contribution in [0.2, 0.25) is 5.02 Å². The zero-order chi connectivity index (χ0) is 23.4. The number of hydrogen-bond acceptors (Lipinski definition) is 7. The maximum Gasteiger partial charge on any atom is 0.260 e. The van der Waals surface area contributed by atoms with Crippen LogP contribution in [0.25, 0.3) is 10.2 Å². The number of aryl methyl sites for hydroxylation is 1. The Balaban J connectivity index is 1.66. The molecule has 33 heavy (non-hydrogen) atoms. The van der Waals surface area contributed by atoms with Crippen LogP contribution in [-0.4, -0.2) is 69.4 Å². The maximum atomic E-state index is 13.7. The van der Waals surface area contributed by atoms with E-state index in [1.807, 2.05) is 19.1 Å². The van der Waals surface area contributed by atoms with Gasteiger partial charge in [-0.15, -0.1) is 0 Å². The molecule has 0 saturated carbocycles. The lowest BCUT2D eigenvalue weighted by molar-refractivity contribution is 0.0376. The van der Waals surface area contributed by atoms with E-state index in [2.05, 4.69) is 4.90 Å². The fourth-order valence-corrected chi connectivity index (χ4v) is 5.20. The van der Waals surface area contributed by atoms with Crippen LogP contribution < -0.4 is 14.4 Å². The number of halogens is 1. The van der Waals surface area contributed by atoms with E-state index < -0.39 is 0 Å². The van der Waals surface area contributed by atoms with Gasteiger partial charge in [-0.1, -0.05) is 29.0 Å². The molecule has 9 heteroatoms. The predicted molar refractivity (Wildman–Crippen MR) is 132 cm³/mol. The highest BCUT2D eigenvalue weighted by atomic mass is 35.5. The quantitative estimate of drug-likeness (QED) is 0.459. The third-order valence-electron chi connectivity index (χ3n) is 5.72. The van der Waals surface area contributed by atoms with Gasteiger partial charge in [-0.25, -0.2) is 4.98 Å². The van der Waals surface area contributed by atoms with E-state index in [0.29, 0.717) is 33.8 Å². The molecule has 7 nitrogen and oxygen atoms in total. The molecule has 0 spiro atoms. The van der Waals surface area contributed by atoms with Gasteiger partial charge >= 0.3 is 0 Å². The fourth-order valence-electron chi connectivity index (χ4n) is 3.85. The molecule has 1 aliphatic heterocycles. The predicted octanol–water partition coefficient (Wildman–Crippen LogP) is 4.64. The molecule has 4 rings (SSSR count). The zero-order valence-electron chi connectivity index (χ0n) is 19.1. The third-order valence-corrected chi connectivity index (χ3v) is 7.26. The van der Waals surface area contributed by atoms with E-state index in [4.69, 9.17) is 30.8 Å². The maximum absolute atomic E-state index is 13.7. The number of fused-ring (bicyclic) bond motifs is 1. The molecule has 2 aromatic carbocycles. The lowest BCUT2D eigenvalue weighted by atomic mass is 10.1. The van der Waals surface area contributed by atoms with Gasteiger partial charge < -0.3 is 14.2 Å². The number of nitrogens with zero attached hydrogens (tertiary/aromatic N) is 3. The van der Waals surface area contributed by atoms with Gasteiger partial charge in [0.25, 0.3) is 5.91 Å². The van der Waals surface area contributed by atoms with E-state index in [9.17, 15) is 4.79 Å². The van der Waals surface area contributed by atoms with Crippen molar-refractivity contribution in [2.75, 3.05) is 58.5 Å². The van der Waals surface area contributed by atoms with Gasteiger partial charge in [-0.3, -0.25) is 14.6 Å². The molecule has 1 saturated heterocycles. The monoisotopic (exact) mass is 489 g/mol. The van der Waals surface area contributed by atoms with Crippen molar-refractivity contribution in [3.63, 3.8) is 0 Å². The molecule has 0 bridgehead atoms. The van der Waals surface area contributed by atoms with Crippen molar-refractivity contribution < 1.29 is 19.0 Å². The van der Waals surface area contributed by atoms with Crippen molar-refractivity contribution in [1.29, 1.82) is 0 Å². The number of benzene rings is 2. The van der Waals surface area contributed by atoms with Crippen LogP contribution >= 0.6 is 22.9 Å². The van der Waals surface area contributed by atoms with Crippen LogP contribution in [-0.2, 0) is 4.74 Å². The minimum absolute atomic E-state index is 0.151. The van der Waals surface area contributed by atoms with Crippen molar-refractivity contribution in [1.82, 2.24) is 9.88 Å². The standard InChI is InChI=1S/C24H28ClN3O4S/c1-16-5-6-20(25)22-21(16)26-24(33-22)28(8-4-7-27-9-11-32-12-10-27)23(29)17-13-18(30-2)15-19(14-17)31-3/h5-6,13-15H,4,7-12H2,1-3H3. The number of thiazole rings is 1. The number of aromatic nitrogens is 1. The van der Waals surface area contributed by atoms with Crippen LogP contribution in [0, 0.1) is 6.92 Å². The van der Waals surface area contributed by atoms with Crippen LogP contribution in [0.4, 0.5) is 5.13 Å². The Bertz CT molecular complexity index is 1070. The second-order valence-electron chi connectivity index (χ2n) is 7.90. The molecule has 0 unspecified atom stereocenters. The summed E-state index contributed by atoms with van der Waals surface area (Å²) in [6, 6.07) is 9.03. The molecule has 176 valence electrons. The summed E-state index contributed by atoms with van der Waals surface area (Å²) in [4.78, 5) is 22.6. The largest absolute Gasteiger partial charge is 0.497 e. The molecule has 3 aromatic rings. The van der Waals surface area contributed by atoms with Gasteiger partial charge in [0.1, 0.15) is 11.5 Å². The highest BCUT2D eigenvalue weighted by molar-refractivity contribution is 7.23. The summed E-state index contributed by atoms with van der Waals surface area (Å²) in [5.74, 6) is 0.977. The number of carbonyl (C=O) groups is 1. The summed E-state index contributed by atoms with van der Waals surface area (Å²) in [6.07, 6.45) is 0.815. The van der Waals surface area contributed by atoms with Gasteiger partial charge in [0.05, 0.1) is 42.7 Å². The average Bonchev–Trinajstić information content (AvgIpc) is 3.30.